The van der Waals surface area contributed by atoms with Crippen LogP contribution >= 0.6 is 0 Å². The molecule has 0 saturated carbocycles. The van der Waals surface area contributed by atoms with Gasteiger partial charge in [-0.2, -0.15) is 4.98 Å². The Labute approximate surface area is 263 Å². The molecule has 1 aromatic heterocycles. The van der Waals surface area contributed by atoms with Crippen LogP contribution in [0.3, 0.4) is 0 Å². The van der Waals surface area contributed by atoms with Crippen molar-refractivity contribution in [3.63, 3.8) is 0 Å². The molecule has 45 heavy (non-hydrogen) atoms. The summed E-state index contributed by atoms with van der Waals surface area (Å²) in [5.41, 5.74) is -0.700. The molecule has 2 aliphatic rings. The van der Waals surface area contributed by atoms with Gasteiger partial charge in [0.15, 0.2) is 5.82 Å². The molecule has 2 aromatic rings. The number of nitrogens with zero attached hydrogens (tertiary/aromatic N) is 4. The summed E-state index contributed by atoms with van der Waals surface area (Å²) in [7, 11) is 0. The zero-order chi connectivity index (χ0) is 32.9. The van der Waals surface area contributed by atoms with E-state index in [1.54, 1.807) is 26.8 Å². The zero-order valence-electron chi connectivity index (χ0n) is 27.1. The molecule has 1 unspecified atom stereocenters. The van der Waals surface area contributed by atoms with Crippen LogP contribution in [0.5, 0.6) is 5.75 Å². The monoisotopic (exact) mass is 637 g/mol. The van der Waals surface area contributed by atoms with Crippen LogP contribution in [0.4, 0.5) is 24.0 Å². The van der Waals surface area contributed by atoms with Crippen molar-refractivity contribution in [2.45, 2.75) is 97.1 Å². The highest BCUT2D eigenvalue weighted by molar-refractivity contribution is 5.86. The third-order valence-corrected chi connectivity index (χ3v) is 8.32. The highest BCUT2D eigenvalue weighted by Crippen LogP contribution is 2.31. The molecule has 2 saturated heterocycles. The SMILES string of the molecule is CC(C)c1noc(N2CCC(C(C)CCOc3ccc(C[C@H](NC(=O)OC(C)(C)C)C(=O)N4CCC(F)(F)C4)c(F)c3)CC2)n1. The normalized spacial score (nSPS) is 18.6. The van der Waals surface area contributed by atoms with E-state index in [1.165, 1.54) is 12.1 Å². The van der Waals surface area contributed by atoms with Gasteiger partial charge in [-0.25, -0.2) is 18.0 Å². The fraction of sp³-hybridized carbons (Fsp3) is 0.688. The molecule has 2 amide bonds. The van der Waals surface area contributed by atoms with Crippen LogP contribution in [0.2, 0.25) is 0 Å². The van der Waals surface area contributed by atoms with Gasteiger partial charge in [-0.1, -0.05) is 32.0 Å². The van der Waals surface area contributed by atoms with Gasteiger partial charge in [0.05, 0.1) is 13.2 Å². The van der Waals surface area contributed by atoms with E-state index in [0.29, 0.717) is 36.0 Å². The number of alkyl carbamates (subject to hydrolysis) is 1. The van der Waals surface area contributed by atoms with Gasteiger partial charge in [0, 0.05) is 44.5 Å². The average Bonchev–Trinajstić information content (AvgIpc) is 3.59. The van der Waals surface area contributed by atoms with Crippen LogP contribution in [-0.2, 0) is 16.0 Å². The molecule has 0 bridgehead atoms. The predicted octanol–water partition coefficient (Wildman–Crippen LogP) is 5.96. The minimum atomic E-state index is -3.00. The molecule has 10 nitrogen and oxygen atoms in total. The number of likely N-dealkylation sites (tertiary alicyclic amines) is 1. The second-order valence-electron chi connectivity index (χ2n) is 13.6. The van der Waals surface area contributed by atoms with E-state index in [4.69, 9.17) is 14.0 Å². The van der Waals surface area contributed by atoms with Crippen LogP contribution in [-0.4, -0.2) is 77.4 Å². The zero-order valence-corrected chi connectivity index (χ0v) is 27.1. The summed E-state index contributed by atoms with van der Waals surface area (Å²) >= 11 is 0. The summed E-state index contributed by atoms with van der Waals surface area (Å²) in [6.45, 7) is 12.4. The minimum Gasteiger partial charge on any atom is -0.493 e. The summed E-state index contributed by atoms with van der Waals surface area (Å²) in [5, 5.41) is 6.51. The second-order valence-corrected chi connectivity index (χ2v) is 13.6. The Bertz CT molecular complexity index is 1310. The number of halogens is 3. The second kappa shape index (κ2) is 14.3. The van der Waals surface area contributed by atoms with Gasteiger partial charge in [-0.15, -0.1) is 0 Å². The third-order valence-electron chi connectivity index (χ3n) is 8.32. The average molecular weight is 638 g/mol. The van der Waals surface area contributed by atoms with Gasteiger partial charge in [0.1, 0.15) is 23.2 Å². The van der Waals surface area contributed by atoms with Gasteiger partial charge in [-0.05, 0) is 63.5 Å². The fourth-order valence-electron chi connectivity index (χ4n) is 5.65. The first-order valence-corrected chi connectivity index (χ1v) is 15.8. The number of piperidine rings is 1. The molecule has 13 heteroatoms. The quantitative estimate of drug-likeness (QED) is 0.322. The predicted molar refractivity (Wildman–Crippen MR) is 162 cm³/mol. The van der Waals surface area contributed by atoms with Crippen LogP contribution < -0.4 is 15.0 Å². The first-order chi connectivity index (χ1) is 21.1. The number of hydrogen-bond donors (Lipinski definition) is 1. The van der Waals surface area contributed by atoms with Crippen molar-refractivity contribution in [2.75, 3.05) is 37.7 Å². The molecular formula is C32H46F3N5O5. The van der Waals surface area contributed by atoms with Gasteiger partial charge in [-0.3, -0.25) is 4.79 Å². The number of rotatable bonds is 11. The molecule has 1 aromatic carbocycles. The van der Waals surface area contributed by atoms with E-state index in [1.807, 2.05) is 13.8 Å². The van der Waals surface area contributed by atoms with Crippen LogP contribution in [0.1, 0.15) is 84.5 Å². The van der Waals surface area contributed by atoms with Crippen molar-refractivity contribution >= 4 is 18.0 Å². The van der Waals surface area contributed by atoms with E-state index in [9.17, 15) is 18.4 Å². The van der Waals surface area contributed by atoms with Gasteiger partial charge >= 0.3 is 12.1 Å². The molecule has 2 fully saturated rings. The molecule has 4 rings (SSSR count). The highest BCUT2D eigenvalue weighted by Gasteiger charge is 2.42. The summed E-state index contributed by atoms with van der Waals surface area (Å²) in [5.74, 6) is -2.16. The molecule has 0 spiro atoms. The van der Waals surface area contributed by atoms with Gasteiger partial charge in [0.2, 0.25) is 5.91 Å². The standard InChI is InChI=1S/C32H46F3N5O5/c1-20(2)27-37-29(45-38-27)39-13-9-22(10-14-39)21(3)11-16-43-24-8-7-23(25(33)18-24)17-26(36-30(42)44-31(4,5)6)28(41)40-15-12-32(34,35)19-40/h7-8,18,20-22,26H,9-17,19H2,1-6H3,(H,36,42)/t21?,26-/m0/s1. The van der Waals surface area contributed by atoms with Crippen LogP contribution in [0.25, 0.3) is 0 Å². The topological polar surface area (TPSA) is 110 Å². The molecule has 0 aliphatic carbocycles. The molecule has 1 N–H and O–H groups in total. The number of amides is 2. The summed E-state index contributed by atoms with van der Waals surface area (Å²) in [6, 6.07) is 3.64. The van der Waals surface area contributed by atoms with Crippen molar-refractivity contribution in [1.29, 1.82) is 0 Å². The lowest BCUT2D eigenvalue weighted by molar-refractivity contribution is -0.133. The Morgan fingerprint density at radius 2 is 1.87 bits per heavy atom. The van der Waals surface area contributed by atoms with Crippen molar-refractivity contribution in [1.82, 2.24) is 20.4 Å². The maximum Gasteiger partial charge on any atom is 0.408 e. The molecule has 2 atom stereocenters. The van der Waals surface area contributed by atoms with E-state index in [2.05, 4.69) is 27.3 Å². The summed E-state index contributed by atoms with van der Waals surface area (Å²) in [4.78, 5) is 33.2. The van der Waals surface area contributed by atoms with Crippen molar-refractivity contribution in [2.24, 2.45) is 11.8 Å². The number of anilines is 1. The lowest BCUT2D eigenvalue weighted by Gasteiger charge is -2.33. The number of carbonyl (C=O) groups is 2. The Hall–Kier alpha value is -3.51. The van der Waals surface area contributed by atoms with E-state index < -0.39 is 48.3 Å². The number of alkyl halides is 2. The van der Waals surface area contributed by atoms with Gasteiger partial charge < -0.3 is 29.1 Å². The number of aromatic nitrogens is 2. The Kier molecular flexibility index (Phi) is 10.9. The van der Waals surface area contributed by atoms with Gasteiger partial charge in [0.25, 0.3) is 5.92 Å². The van der Waals surface area contributed by atoms with E-state index in [-0.39, 0.29) is 24.4 Å². The molecule has 250 valence electrons. The maximum absolute atomic E-state index is 15.2. The van der Waals surface area contributed by atoms with Crippen LogP contribution in [0, 0.1) is 17.7 Å². The number of nitrogens with one attached hydrogen (secondary N) is 1. The lowest BCUT2D eigenvalue weighted by atomic mass is 9.84. The smallest absolute Gasteiger partial charge is 0.408 e. The number of ether oxygens (including phenoxy) is 2. The number of carbonyl (C=O) groups excluding carboxylic acids is 2. The number of benzene rings is 1. The highest BCUT2D eigenvalue weighted by atomic mass is 19.3. The first-order valence-electron chi connectivity index (χ1n) is 15.8. The molecule has 0 radical (unpaired) electrons. The first kappa shape index (κ1) is 34.4. The Morgan fingerprint density at radius 1 is 1.16 bits per heavy atom. The largest absolute Gasteiger partial charge is 0.493 e. The Morgan fingerprint density at radius 3 is 2.44 bits per heavy atom. The summed E-state index contributed by atoms with van der Waals surface area (Å²) < 4.78 is 59.4. The lowest BCUT2D eigenvalue weighted by Crippen LogP contribution is -2.50. The summed E-state index contributed by atoms with van der Waals surface area (Å²) in [6.07, 6.45) is 1.21. The van der Waals surface area contributed by atoms with Crippen molar-refractivity contribution in [3.8, 4) is 5.75 Å². The minimum absolute atomic E-state index is 0.143. The van der Waals surface area contributed by atoms with Crippen molar-refractivity contribution < 1.29 is 36.8 Å². The van der Waals surface area contributed by atoms with Crippen LogP contribution in [0.15, 0.2) is 22.7 Å². The number of hydrogen-bond acceptors (Lipinski definition) is 8. The fourth-order valence-corrected chi connectivity index (χ4v) is 5.65. The maximum atomic E-state index is 15.2. The van der Waals surface area contributed by atoms with Crippen molar-refractivity contribution in [3.05, 3.63) is 35.4 Å². The molecule has 2 aliphatic heterocycles. The third kappa shape index (κ3) is 9.74. The molecule has 3 heterocycles. The Balaban J connectivity index is 1.29. The molecular weight excluding hydrogens is 591 g/mol. The van der Waals surface area contributed by atoms with E-state index in [0.717, 1.165) is 37.3 Å². The van der Waals surface area contributed by atoms with E-state index >= 15 is 4.39 Å².